The zero-order valence-corrected chi connectivity index (χ0v) is 21.3. The predicted octanol–water partition coefficient (Wildman–Crippen LogP) is 6.52. The van der Waals surface area contributed by atoms with Crippen LogP contribution in [0.5, 0.6) is 11.5 Å². The van der Waals surface area contributed by atoms with Crippen LogP contribution in [0.3, 0.4) is 0 Å². The van der Waals surface area contributed by atoms with Crippen LogP contribution in [0.4, 0.5) is 0 Å². The van der Waals surface area contributed by atoms with Gasteiger partial charge >= 0.3 is 0 Å². The van der Waals surface area contributed by atoms with E-state index in [9.17, 15) is 5.11 Å². The fourth-order valence-corrected chi connectivity index (χ4v) is 4.38. The van der Waals surface area contributed by atoms with E-state index in [0.29, 0.717) is 12.5 Å². The number of aliphatic hydroxyl groups excluding tert-OH is 1. The molecule has 33 heavy (non-hydrogen) atoms. The van der Waals surface area contributed by atoms with Crippen LogP contribution < -0.4 is 9.47 Å². The Bertz CT molecular complexity index is 850. The van der Waals surface area contributed by atoms with E-state index in [0.717, 1.165) is 43.8 Å². The van der Waals surface area contributed by atoms with Gasteiger partial charge in [-0.25, -0.2) is 0 Å². The number of ether oxygens (including phenoxy) is 3. The van der Waals surface area contributed by atoms with E-state index >= 15 is 0 Å². The van der Waals surface area contributed by atoms with Crippen LogP contribution in [0.2, 0.25) is 0 Å². The molecule has 1 fully saturated rings. The molecule has 0 amide bonds. The Hall–Kier alpha value is -2.04. The normalized spacial score (nSPS) is 18.6. The van der Waals surface area contributed by atoms with Gasteiger partial charge in [0.05, 0.1) is 12.7 Å². The summed E-state index contributed by atoms with van der Waals surface area (Å²) in [4.78, 5) is 0. The summed E-state index contributed by atoms with van der Waals surface area (Å²) in [7, 11) is 0. The Labute approximate surface area is 200 Å². The SMILES string of the molecule is CCC(CC)CC(O)COc1ccc(C(C)(C)c2ccc(OC(C)(CC)C3CO3)cc2)cc1. The molecule has 4 nitrogen and oxygen atoms in total. The Morgan fingerprint density at radius 2 is 1.42 bits per heavy atom. The summed E-state index contributed by atoms with van der Waals surface area (Å²) in [5.74, 6) is 2.23. The van der Waals surface area contributed by atoms with Crippen molar-refractivity contribution < 1.29 is 19.3 Å². The van der Waals surface area contributed by atoms with Gasteiger partial charge in [-0.15, -0.1) is 0 Å². The average molecular weight is 455 g/mol. The minimum Gasteiger partial charge on any atom is -0.491 e. The molecule has 182 valence electrons. The fourth-order valence-electron chi connectivity index (χ4n) is 4.38. The van der Waals surface area contributed by atoms with Crippen molar-refractivity contribution in [2.45, 2.75) is 90.4 Å². The third-order valence-corrected chi connectivity index (χ3v) is 7.42. The van der Waals surface area contributed by atoms with Crippen molar-refractivity contribution in [1.29, 1.82) is 0 Å². The second-order valence-electron chi connectivity index (χ2n) is 10.1. The van der Waals surface area contributed by atoms with Crippen molar-refractivity contribution in [2.24, 2.45) is 5.92 Å². The van der Waals surface area contributed by atoms with Crippen molar-refractivity contribution >= 4 is 0 Å². The topological polar surface area (TPSA) is 51.2 Å². The van der Waals surface area contributed by atoms with Gasteiger partial charge in [0.25, 0.3) is 0 Å². The average Bonchev–Trinajstić information content (AvgIpc) is 3.68. The molecular formula is C29H42O4. The molecule has 2 aromatic carbocycles. The van der Waals surface area contributed by atoms with Gasteiger partial charge in [-0.05, 0) is 61.1 Å². The molecule has 0 aliphatic carbocycles. The van der Waals surface area contributed by atoms with Gasteiger partial charge in [-0.1, -0.05) is 71.7 Å². The van der Waals surface area contributed by atoms with Crippen molar-refractivity contribution in [3.63, 3.8) is 0 Å². The molecule has 3 atom stereocenters. The third kappa shape index (κ3) is 6.51. The lowest BCUT2D eigenvalue weighted by molar-refractivity contribution is 0.0521. The molecule has 0 spiro atoms. The van der Waals surface area contributed by atoms with Crippen LogP contribution in [-0.4, -0.2) is 36.1 Å². The molecule has 1 aliphatic heterocycles. The smallest absolute Gasteiger partial charge is 0.134 e. The fraction of sp³-hybridized carbons (Fsp3) is 0.586. The van der Waals surface area contributed by atoms with Crippen LogP contribution in [0, 0.1) is 5.92 Å². The van der Waals surface area contributed by atoms with Crippen LogP contribution in [-0.2, 0) is 10.2 Å². The number of benzene rings is 2. The minimum absolute atomic E-state index is 0.153. The number of hydrogen-bond acceptors (Lipinski definition) is 4. The van der Waals surface area contributed by atoms with Crippen molar-refractivity contribution in [1.82, 2.24) is 0 Å². The third-order valence-electron chi connectivity index (χ3n) is 7.42. The van der Waals surface area contributed by atoms with Gasteiger partial charge in [-0.2, -0.15) is 0 Å². The number of hydrogen-bond donors (Lipinski definition) is 1. The van der Waals surface area contributed by atoms with E-state index in [1.807, 2.05) is 12.1 Å². The summed E-state index contributed by atoms with van der Waals surface area (Å²) < 4.78 is 17.6. The lowest BCUT2D eigenvalue weighted by atomic mass is 9.78. The van der Waals surface area contributed by atoms with Gasteiger partial charge < -0.3 is 19.3 Å². The molecule has 1 heterocycles. The molecule has 1 N–H and O–H groups in total. The van der Waals surface area contributed by atoms with Crippen LogP contribution in [0.15, 0.2) is 48.5 Å². The van der Waals surface area contributed by atoms with E-state index in [1.165, 1.54) is 11.1 Å². The first-order valence-electron chi connectivity index (χ1n) is 12.5. The zero-order chi connectivity index (χ0) is 24.1. The monoisotopic (exact) mass is 454 g/mol. The zero-order valence-electron chi connectivity index (χ0n) is 21.3. The van der Waals surface area contributed by atoms with E-state index in [-0.39, 0.29) is 17.1 Å². The maximum atomic E-state index is 10.3. The molecule has 0 aromatic heterocycles. The Morgan fingerprint density at radius 1 is 0.909 bits per heavy atom. The Balaban J connectivity index is 1.60. The first-order chi connectivity index (χ1) is 15.7. The van der Waals surface area contributed by atoms with E-state index in [2.05, 4.69) is 77.9 Å². The first kappa shape index (κ1) is 25.6. The number of rotatable bonds is 13. The highest BCUT2D eigenvalue weighted by atomic mass is 16.6. The molecule has 0 bridgehead atoms. The Kier molecular flexibility index (Phi) is 8.47. The predicted molar refractivity (Wildman–Crippen MR) is 134 cm³/mol. The Morgan fingerprint density at radius 3 is 1.88 bits per heavy atom. The van der Waals surface area contributed by atoms with Crippen molar-refractivity contribution in [3.05, 3.63) is 59.7 Å². The van der Waals surface area contributed by atoms with Crippen molar-refractivity contribution in [3.8, 4) is 11.5 Å². The second kappa shape index (κ2) is 10.9. The highest BCUT2D eigenvalue weighted by Crippen LogP contribution is 2.36. The summed E-state index contributed by atoms with van der Waals surface area (Å²) in [6.07, 6.45) is 3.67. The summed E-state index contributed by atoms with van der Waals surface area (Å²) in [5, 5.41) is 10.3. The second-order valence-corrected chi connectivity index (χ2v) is 10.1. The molecular weight excluding hydrogens is 412 g/mol. The van der Waals surface area contributed by atoms with E-state index < -0.39 is 6.10 Å². The van der Waals surface area contributed by atoms with Gasteiger partial charge in [0.15, 0.2) is 0 Å². The largest absolute Gasteiger partial charge is 0.491 e. The molecule has 3 unspecified atom stereocenters. The first-order valence-corrected chi connectivity index (χ1v) is 12.5. The number of epoxide rings is 1. The quantitative estimate of drug-likeness (QED) is 0.350. The van der Waals surface area contributed by atoms with Gasteiger partial charge in [0.2, 0.25) is 0 Å². The summed E-state index contributed by atoms with van der Waals surface area (Å²) >= 11 is 0. The number of aliphatic hydroxyl groups is 1. The standard InChI is InChI=1S/C29H42O4/c1-7-21(8-2)18-24(30)19-31-25-14-10-22(11-15-25)28(4,5)23-12-16-26(17-13-23)33-29(6,9-3)27-20-32-27/h10-17,21,24,27,30H,7-9,18-20H2,1-6H3. The van der Waals surface area contributed by atoms with Crippen molar-refractivity contribution in [2.75, 3.05) is 13.2 Å². The molecule has 4 heteroatoms. The highest BCUT2D eigenvalue weighted by molar-refractivity contribution is 5.42. The molecule has 3 rings (SSSR count). The van der Waals surface area contributed by atoms with E-state index in [1.54, 1.807) is 0 Å². The summed E-state index contributed by atoms with van der Waals surface area (Å²) in [6, 6.07) is 16.7. The van der Waals surface area contributed by atoms with E-state index in [4.69, 9.17) is 14.2 Å². The van der Waals surface area contributed by atoms with Gasteiger partial charge in [-0.3, -0.25) is 0 Å². The molecule has 1 aliphatic rings. The molecule has 0 saturated carbocycles. The summed E-state index contributed by atoms with van der Waals surface area (Å²) in [5.41, 5.74) is 2.02. The minimum atomic E-state index is -0.423. The maximum Gasteiger partial charge on any atom is 0.134 e. The van der Waals surface area contributed by atoms with Crippen LogP contribution in [0.1, 0.15) is 78.4 Å². The van der Waals surface area contributed by atoms with Gasteiger partial charge in [0.1, 0.15) is 29.8 Å². The lowest BCUT2D eigenvalue weighted by Crippen LogP contribution is -2.37. The molecule has 0 radical (unpaired) electrons. The molecule has 2 aromatic rings. The van der Waals surface area contributed by atoms with Gasteiger partial charge in [0, 0.05) is 5.41 Å². The maximum absolute atomic E-state index is 10.3. The van der Waals surface area contributed by atoms with Crippen LogP contribution >= 0.6 is 0 Å². The molecule has 1 saturated heterocycles. The summed E-state index contributed by atoms with van der Waals surface area (Å²) in [6.45, 7) is 14.2. The van der Waals surface area contributed by atoms with Crippen LogP contribution in [0.25, 0.3) is 0 Å². The highest BCUT2D eigenvalue weighted by Gasteiger charge is 2.44. The lowest BCUT2D eigenvalue weighted by Gasteiger charge is -2.29.